The van der Waals surface area contributed by atoms with Gasteiger partial charge in [-0.15, -0.1) is 0 Å². The number of halogens is 1. The molecule has 2 aromatic rings. The third-order valence-electron chi connectivity index (χ3n) is 3.45. The molecule has 5 nitrogen and oxygen atoms in total. The van der Waals surface area contributed by atoms with Crippen LogP contribution in [0.5, 0.6) is 0 Å². The van der Waals surface area contributed by atoms with E-state index in [1.54, 1.807) is 31.2 Å². The van der Waals surface area contributed by atoms with Gasteiger partial charge in [0.05, 0.1) is 18.2 Å². The highest BCUT2D eigenvalue weighted by Gasteiger charge is 2.13. The molecule has 24 heavy (non-hydrogen) atoms. The summed E-state index contributed by atoms with van der Waals surface area (Å²) in [5.74, 6) is -1.42. The van der Waals surface area contributed by atoms with E-state index in [0.29, 0.717) is 11.1 Å². The van der Waals surface area contributed by atoms with E-state index in [-0.39, 0.29) is 18.5 Å². The average Bonchev–Trinajstić information content (AvgIpc) is 2.60. The Morgan fingerprint density at radius 2 is 1.75 bits per heavy atom. The summed E-state index contributed by atoms with van der Waals surface area (Å²) in [6.45, 7) is 1.23. The van der Waals surface area contributed by atoms with Gasteiger partial charge in [0.2, 0.25) is 0 Å². The van der Waals surface area contributed by atoms with E-state index >= 15 is 0 Å². The molecule has 1 amide bonds. The summed E-state index contributed by atoms with van der Waals surface area (Å²) in [7, 11) is 0. The largest absolute Gasteiger partial charge is 0.452 e. The molecule has 0 radical (unpaired) electrons. The molecule has 0 fully saturated rings. The van der Waals surface area contributed by atoms with Gasteiger partial charge < -0.3 is 15.2 Å². The minimum atomic E-state index is -0.621. The highest BCUT2D eigenvalue weighted by Crippen LogP contribution is 2.12. The fraction of sp³-hybridized carbons (Fsp3) is 0.222. The molecule has 126 valence electrons. The lowest BCUT2D eigenvalue weighted by molar-refractivity contribution is -0.124. The lowest BCUT2D eigenvalue weighted by Crippen LogP contribution is -2.31. The van der Waals surface area contributed by atoms with Crippen molar-refractivity contribution in [1.82, 2.24) is 5.32 Å². The van der Waals surface area contributed by atoms with E-state index in [1.165, 1.54) is 24.3 Å². The van der Waals surface area contributed by atoms with E-state index in [0.717, 1.165) is 5.56 Å². The Labute approximate surface area is 139 Å². The fourth-order valence-corrected chi connectivity index (χ4v) is 2.08. The third-order valence-corrected chi connectivity index (χ3v) is 3.45. The molecule has 0 aliphatic heterocycles. The number of aliphatic hydroxyl groups is 1. The van der Waals surface area contributed by atoms with Gasteiger partial charge in [-0.3, -0.25) is 4.79 Å². The number of carbonyl (C=O) groups is 2. The third kappa shape index (κ3) is 4.89. The lowest BCUT2D eigenvalue weighted by atomic mass is 10.1. The van der Waals surface area contributed by atoms with Gasteiger partial charge in [-0.1, -0.05) is 24.3 Å². The minimum absolute atomic E-state index is 0.112. The summed E-state index contributed by atoms with van der Waals surface area (Å²) in [4.78, 5) is 23.7. The number of ether oxygens (including phenoxy) is 1. The maximum absolute atomic E-state index is 12.9. The number of rotatable bonds is 6. The Kier molecular flexibility index (Phi) is 6.03. The molecule has 2 rings (SSSR count). The van der Waals surface area contributed by atoms with Gasteiger partial charge in [0.25, 0.3) is 5.91 Å². The first-order chi connectivity index (χ1) is 11.5. The highest BCUT2D eigenvalue weighted by molar-refractivity contribution is 5.91. The van der Waals surface area contributed by atoms with Crippen molar-refractivity contribution in [2.24, 2.45) is 0 Å². The SMILES string of the molecule is C[C@@H](NC(=O)COC(=O)c1ccc(CO)cc1)c1ccc(F)cc1. The van der Waals surface area contributed by atoms with Crippen LogP contribution in [-0.2, 0) is 16.1 Å². The predicted octanol–water partition coefficient (Wildman–Crippen LogP) is 2.35. The topological polar surface area (TPSA) is 75.6 Å². The van der Waals surface area contributed by atoms with Gasteiger partial charge in [-0.25, -0.2) is 9.18 Å². The zero-order valence-corrected chi connectivity index (χ0v) is 13.2. The summed E-state index contributed by atoms with van der Waals surface area (Å²) in [5, 5.41) is 11.6. The Bertz CT molecular complexity index is 698. The Morgan fingerprint density at radius 1 is 1.12 bits per heavy atom. The zero-order chi connectivity index (χ0) is 17.5. The molecular formula is C18H18FNO4. The molecule has 0 saturated heterocycles. The van der Waals surface area contributed by atoms with Gasteiger partial charge in [0.15, 0.2) is 6.61 Å². The molecule has 0 aliphatic rings. The van der Waals surface area contributed by atoms with Crippen LogP contribution in [0.25, 0.3) is 0 Å². The smallest absolute Gasteiger partial charge is 0.338 e. The molecular weight excluding hydrogens is 313 g/mol. The Morgan fingerprint density at radius 3 is 2.33 bits per heavy atom. The second-order valence-corrected chi connectivity index (χ2v) is 5.27. The van der Waals surface area contributed by atoms with Crippen molar-refractivity contribution in [2.75, 3.05) is 6.61 Å². The van der Waals surface area contributed by atoms with Crippen LogP contribution in [0.1, 0.15) is 34.5 Å². The van der Waals surface area contributed by atoms with Gasteiger partial charge in [-0.05, 0) is 42.3 Å². The minimum Gasteiger partial charge on any atom is -0.452 e. The summed E-state index contributed by atoms with van der Waals surface area (Å²) in [6, 6.07) is 11.7. The number of esters is 1. The molecule has 0 spiro atoms. The monoisotopic (exact) mass is 331 g/mol. The van der Waals surface area contributed by atoms with E-state index in [9.17, 15) is 14.0 Å². The van der Waals surface area contributed by atoms with Crippen molar-refractivity contribution in [3.05, 3.63) is 71.0 Å². The maximum atomic E-state index is 12.9. The molecule has 0 heterocycles. The second kappa shape index (κ2) is 8.21. The van der Waals surface area contributed by atoms with Crippen LogP contribution >= 0.6 is 0 Å². The van der Waals surface area contributed by atoms with Gasteiger partial charge in [0.1, 0.15) is 5.82 Å². The molecule has 2 N–H and O–H groups in total. The van der Waals surface area contributed by atoms with E-state index in [2.05, 4.69) is 5.32 Å². The number of benzene rings is 2. The number of amides is 1. The maximum Gasteiger partial charge on any atom is 0.338 e. The molecule has 0 aromatic heterocycles. The predicted molar refractivity (Wildman–Crippen MR) is 85.6 cm³/mol. The Hall–Kier alpha value is -2.73. The van der Waals surface area contributed by atoms with E-state index in [4.69, 9.17) is 9.84 Å². The van der Waals surface area contributed by atoms with Gasteiger partial charge in [0, 0.05) is 0 Å². The molecule has 1 atom stereocenters. The summed E-state index contributed by atoms with van der Waals surface area (Å²) in [5.41, 5.74) is 1.72. The Balaban J connectivity index is 1.83. The van der Waals surface area contributed by atoms with Crippen LogP contribution < -0.4 is 5.32 Å². The summed E-state index contributed by atoms with van der Waals surface area (Å²) < 4.78 is 17.8. The molecule has 0 bridgehead atoms. The number of hydrogen-bond donors (Lipinski definition) is 2. The second-order valence-electron chi connectivity index (χ2n) is 5.27. The lowest BCUT2D eigenvalue weighted by Gasteiger charge is -2.14. The summed E-state index contributed by atoms with van der Waals surface area (Å²) in [6.07, 6.45) is 0. The van der Waals surface area contributed by atoms with Crippen LogP contribution in [0.15, 0.2) is 48.5 Å². The molecule has 2 aromatic carbocycles. The van der Waals surface area contributed by atoms with Crippen LogP contribution in [0.2, 0.25) is 0 Å². The van der Waals surface area contributed by atoms with Gasteiger partial charge >= 0.3 is 5.97 Å². The van der Waals surface area contributed by atoms with Crippen LogP contribution in [-0.4, -0.2) is 23.6 Å². The quantitative estimate of drug-likeness (QED) is 0.797. The fourth-order valence-electron chi connectivity index (χ4n) is 2.08. The van der Waals surface area contributed by atoms with Crippen LogP contribution in [0, 0.1) is 5.82 Å². The first-order valence-electron chi connectivity index (χ1n) is 7.41. The highest BCUT2D eigenvalue weighted by atomic mass is 19.1. The number of aliphatic hydroxyl groups excluding tert-OH is 1. The zero-order valence-electron chi connectivity index (χ0n) is 13.2. The van der Waals surface area contributed by atoms with Crippen molar-refractivity contribution in [3.8, 4) is 0 Å². The molecule has 0 unspecified atom stereocenters. The molecule has 6 heteroatoms. The van der Waals surface area contributed by atoms with Crippen molar-refractivity contribution < 1.29 is 23.8 Å². The molecule has 0 saturated carbocycles. The van der Waals surface area contributed by atoms with Crippen LogP contribution in [0.4, 0.5) is 4.39 Å². The van der Waals surface area contributed by atoms with Crippen molar-refractivity contribution >= 4 is 11.9 Å². The normalized spacial score (nSPS) is 11.6. The summed E-state index contributed by atoms with van der Waals surface area (Å²) >= 11 is 0. The number of carbonyl (C=O) groups excluding carboxylic acids is 2. The first kappa shape index (κ1) is 17.6. The number of hydrogen-bond acceptors (Lipinski definition) is 4. The average molecular weight is 331 g/mol. The van der Waals surface area contributed by atoms with Crippen molar-refractivity contribution in [1.29, 1.82) is 0 Å². The van der Waals surface area contributed by atoms with Crippen LogP contribution in [0.3, 0.4) is 0 Å². The standard InChI is InChI=1S/C18H18FNO4/c1-12(14-6-8-16(19)9-7-14)20-17(22)11-24-18(23)15-4-2-13(10-21)3-5-15/h2-9,12,21H,10-11H2,1H3,(H,20,22)/t12-/m1/s1. The molecule has 0 aliphatic carbocycles. The van der Waals surface area contributed by atoms with Crippen molar-refractivity contribution in [3.63, 3.8) is 0 Å². The number of nitrogens with one attached hydrogen (secondary N) is 1. The van der Waals surface area contributed by atoms with E-state index < -0.39 is 18.5 Å². The first-order valence-corrected chi connectivity index (χ1v) is 7.41. The van der Waals surface area contributed by atoms with Crippen molar-refractivity contribution in [2.45, 2.75) is 19.6 Å². The van der Waals surface area contributed by atoms with Gasteiger partial charge in [-0.2, -0.15) is 0 Å². The van der Waals surface area contributed by atoms with E-state index in [1.807, 2.05) is 0 Å².